The molecule has 0 fully saturated rings. The van der Waals surface area contributed by atoms with Crippen molar-refractivity contribution >= 4 is 34.6 Å². The number of nitrogens with two attached hydrogens (primary N) is 3. The van der Waals surface area contributed by atoms with Gasteiger partial charge < -0.3 is 43.2 Å². The molecule has 0 spiro atoms. The van der Waals surface area contributed by atoms with E-state index in [9.17, 15) is 24.3 Å². The average molecular weight is 574 g/mol. The number of hydrogen-bond acceptors (Lipinski definition) is 7. The van der Waals surface area contributed by atoms with Gasteiger partial charge in [0.25, 0.3) is 0 Å². The maximum absolute atomic E-state index is 13.6. The molecule has 12 heteroatoms. The maximum Gasteiger partial charge on any atom is 0.326 e. The van der Waals surface area contributed by atoms with Gasteiger partial charge in [0.05, 0.1) is 6.04 Å². The van der Waals surface area contributed by atoms with Crippen LogP contribution in [0.4, 0.5) is 0 Å². The summed E-state index contributed by atoms with van der Waals surface area (Å²) in [7, 11) is 0. The van der Waals surface area contributed by atoms with Crippen molar-refractivity contribution in [2.24, 2.45) is 23.1 Å². The molecule has 2 aromatic rings. The van der Waals surface area contributed by atoms with Crippen LogP contribution in [-0.4, -0.2) is 71.0 Å². The molecular weight excluding hydrogens is 526 g/mol. The smallest absolute Gasteiger partial charge is 0.326 e. The molecule has 1 aromatic carbocycles. The van der Waals surface area contributed by atoms with Crippen molar-refractivity contribution in [3.8, 4) is 0 Å². The Hall–Kier alpha value is -3.48. The summed E-state index contributed by atoms with van der Waals surface area (Å²) in [6.07, 6.45) is 5.68. The normalized spacial score (nSPS) is 15.0. The van der Waals surface area contributed by atoms with Gasteiger partial charge in [-0.3, -0.25) is 14.4 Å². The second-order valence-electron chi connectivity index (χ2n) is 10.6. The zero-order valence-corrected chi connectivity index (χ0v) is 24.2. The lowest BCUT2D eigenvalue weighted by atomic mass is 9.96. The Morgan fingerprint density at radius 2 is 1.51 bits per heavy atom. The summed E-state index contributed by atoms with van der Waals surface area (Å²) >= 11 is 0. The number of amides is 3. The van der Waals surface area contributed by atoms with Crippen molar-refractivity contribution in [2.75, 3.05) is 13.1 Å². The van der Waals surface area contributed by atoms with Crippen LogP contribution in [0.3, 0.4) is 0 Å². The number of carbonyl (C=O) groups excluding carboxylic acids is 3. The first-order chi connectivity index (χ1) is 19.6. The Morgan fingerprint density at radius 1 is 0.878 bits per heavy atom. The summed E-state index contributed by atoms with van der Waals surface area (Å²) in [5.74, 6) is -3.05. The molecule has 12 nitrogen and oxygen atoms in total. The predicted molar refractivity (Wildman–Crippen MR) is 159 cm³/mol. The quantitative estimate of drug-likeness (QED) is 0.112. The Kier molecular flexibility index (Phi) is 14.3. The molecule has 228 valence electrons. The van der Waals surface area contributed by atoms with E-state index in [0.717, 1.165) is 22.9 Å². The summed E-state index contributed by atoms with van der Waals surface area (Å²) < 4.78 is 0. The molecule has 0 aliphatic carbocycles. The van der Waals surface area contributed by atoms with E-state index in [1.165, 1.54) is 0 Å². The van der Waals surface area contributed by atoms with Gasteiger partial charge in [0.2, 0.25) is 17.7 Å². The molecule has 41 heavy (non-hydrogen) atoms. The molecule has 0 bridgehead atoms. The number of hydrogen-bond donors (Lipinski definition) is 8. The lowest BCUT2D eigenvalue weighted by Crippen LogP contribution is -2.59. The third-order valence-electron chi connectivity index (χ3n) is 7.39. The molecule has 5 atom stereocenters. The summed E-state index contributed by atoms with van der Waals surface area (Å²) in [5, 5.41) is 18.7. The molecular formula is C29H47N7O5. The number of carboxylic acids is 1. The van der Waals surface area contributed by atoms with Crippen LogP contribution in [0, 0.1) is 5.92 Å². The average Bonchev–Trinajstić information content (AvgIpc) is 3.37. The van der Waals surface area contributed by atoms with Crippen LogP contribution >= 0.6 is 0 Å². The van der Waals surface area contributed by atoms with Gasteiger partial charge in [-0.25, -0.2) is 4.79 Å². The van der Waals surface area contributed by atoms with Gasteiger partial charge in [-0.1, -0.05) is 44.9 Å². The third-order valence-corrected chi connectivity index (χ3v) is 7.39. The monoisotopic (exact) mass is 573 g/mol. The van der Waals surface area contributed by atoms with Crippen molar-refractivity contribution in [2.45, 2.75) is 89.4 Å². The summed E-state index contributed by atoms with van der Waals surface area (Å²) in [5.41, 5.74) is 18.8. The molecule has 1 aromatic heterocycles. The minimum Gasteiger partial charge on any atom is -0.480 e. The Labute approximate surface area is 241 Å². The van der Waals surface area contributed by atoms with Gasteiger partial charge in [0.15, 0.2) is 0 Å². The van der Waals surface area contributed by atoms with Crippen molar-refractivity contribution < 1.29 is 24.3 Å². The first-order valence-corrected chi connectivity index (χ1v) is 14.5. The SMILES string of the molecule is CCC(C)C(NC(=O)C(N)CCCCN)C(=O)NC(Cc1c[nH]c2ccccc12)C(=O)NC(CCCCN)C(=O)O. The highest BCUT2D eigenvalue weighted by atomic mass is 16.4. The van der Waals surface area contributed by atoms with Crippen LogP contribution in [-0.2, 0) is 25.6 Å². The van der Waals surface area contributed by atoms with Gasteiger partial charge in [-0.05, 0) is 62.7 Å². The fourth-order valence-corrected chi connectivity index (χ4v) is 4.62. The maximum atomic E-state index is 13.6. The Bertz CT molecular complexity index is 1140. The van der Waals surface area contributed by atoms with Crippen LogP contribution < -0.4 is 33.2 Å². The van der Waals surface area contributed by atoms with E-state index in [-0.39, 0.29) is 18.8 Å². The van der Waals surface area contributed by atoms with Crippen LogP contribution in [0.15, 0.2) is 30.5 Å². The molecule has 0 aliphatic heterocycles. The number of nitrogens with one attached hydrogen (secondary N) is 4. The fraction of sp³-hybridized carbons (Fsp3) is 0.586. The second-order valence-corrected chi connectivity index (χ2v) is 10.6. The van der Waals surface area contributed by atoms with Crippen LogP contribution in [0.1, 0.15) is 64.4 Å². The number of fused-ring (bicyclic) bond motifs is 1. The number of aliphatic carboxylic acids is 1. The van der Waals surface area contributed by atoms with E-state index >= 15 is 0 Å². The number of carbonyl (C=O) groups is 4. The van der Waals surface area contributed by atoms with Crippen LogP contribution in [0.25, 0.3) is 10.9 Å². The minimum atomic E-state index is -1.17. The Balaban J connectivity index is 2.28. The van der Waals surface area contributed by atoms with E-state index in [1.54, 1.807) is 6.20 Å². The number of unbranched alkanes of at least 4 members (excludes halogenated alkanes) is 2. The summed E-state index contributed by atoms with van der Waals surface area (Å²) in [4.78, 5) is 55.0. The van der Waals surface area contributed by atoms with E-state index < -0.39 is 47.9 Å². The van der Waals surface area contributed by atoms with Crippen molar-refractivity contribution in [3.05, 3.63) is 36.0 Å². The largest absolute Gasteiger partial charge is 0.480 e. The van der Waals surface area contributed by atoms with Crippen molar-refractivity contribution in [1.29, 1.82) is 0 Å². The van der Waals surface area contributed by atoms with Gasteiger partial charge in [-0.2, -0.15) is 0 Å². The fourth-order valence-electron chi connectivity index (χ4n) is 4.62. The molecule has 3 amide bonds. The number of carboxylic acid groups (broad SMARTS) is 1. The minimum absolute atomic E-state index is 0.108. The number of H-pyrrole nitrogens is 1. The van der Waals surface area contributed by atoms with Gasteiger partial charge in [0.1, 0.15) is 18.1 Å². The van der Waals surface area contributed by atoms with E-state index in [0.29, 0.717) is 45.2 Å². The zero-order valence-electron chi connectivity index (χ0n) is 24.2. The zero-order chi connectivity index (χ0) is 30.4. The van der Waals surface area contributed by atoms with Crippen molar-refractivity contribution in [3.63, 3.8) is 0 Å². The topological polar surface area (TPSA) is 218 Å². The highest BCUT2D eigenvalue weighted by molar-refractivity contribution is 5.95. The van der Waals surface area contributed by atoms with E-state index in [2.05, 4.69) is 20.9 Å². The molecule has 1 heterocycles. The van der Waals surface area contributed by atoms with Crippen LogP contribution in [0.5, 0.6) is 0 Å². The molecule has 11 N–H and O–H groups in total. The number of para-hydroxylation sites is 1. The molecule has 5 unspecified atom stereocenters. The molecule has 0 saturated heterocycles. The first-order valence-electron chi connectivity index (χ1n) is 14.5. The van der Waals surface area contributed by atoms with E-state index in [1.807, 2.05) is 38.1 Å². The van der Waals surface area contributed by atoms with Gasteiger partial charge in [0, 0.05) is 23.5 Å². The van der Waals surface area contributed by atoms with Crippen molar-refractivity contribution in [1.82, 2.24) is 20.9 Å². The molecule has 2 rings (SSSR count). The first kappa shape index (κ1) is 33.7. The second kappa shape index (κ2) is 17.4. The lowest BCUT2D eigenvalue weighted by Gasteiger charge is -2.28. The number of rotatable bonds is 19. The van der Waals surface area contributed by atoms with Gasteiger partial charge in [-0.15, -0.1) is 0 Å². The molecule has 0 saturated carbocycles. The third kappa shape index (κ3) is 10.5. The summed E-state index contributed by atoms with van der Waals surface area (Å²) in [6, 6.07) is 3.59. The van der Waals surface area contributed by atoms with Gasteiger partial charge >= 0.3 is 5.97 Å². The highest BCUT2D eigenvalue weighted by Crippen LogP contribution is 2.20. The number of aromatic nitrogens is 1. The summed E-state index contributed by atoms with van der Waals surface area (Å²) in [6.45, 7) is 4.64. The standard InChI is InChI=1S/C29H47N7O5/c1-3-18(2)25(36-26(37)21(32)11-6-8-14-30)28(39)35-24(16-19-17-33-22-12-5-4-10-20(19)22)27(38)34-23(29(40)41)13-7-9-15-31/h4-5,10,12,17-18,21,23-25,33H,3,6-9,11,13-16,30-32H2,1-2H3,(H,34,38)(H,35,39)(H,36,37)(H,40,41). The van der Waals surface area contributed by atoms with Crippen LogP contribution in [0.2, 0.25) is 0 Å². The molecule has 0 aliphatic rings. The lowest BCUT2D eigenvalue weighted by molar-refractivity contribution is -0.142. The van der Waals surface area contributed by atoms with E-state index in [4.69, 9.17) is 17.2 Å². The number of aromatic amines is 1. The molecule has 0 radical (unpaired) electrons. The number of benzene rings is 1. The predicted octanol–water partition coefficient (Wildman–Crippen LogP) is 0.881. The Morgan fingerprint density at radius 3 is 2.15 bits per heavy atom. The highest BCUT2D eigenvalue weighted by Gasteiger charge is 2.33.